The van der Waals surface area contributed by atoms with E-state index in [0.717, 1.165) is 30.2 Å². The Morgan fingerprint density at radius 3 is 2.83 bits per heavy atom. The van der Waals surface area contributed by atoms with Crippen molar-refractivity contribution in [2.45, 2.75) is 6.42 Å². The van der Waals surface area contributed by atoms with E-state index in [4.69, 9.17) is 18.0 Å². The molecule has 0 saturated heterocycles. The molecule has 2 heterocycles. The van der Waals surface area contributed by atoms with Gasteiger partial charge in [-0.3, -0.25) is 4.68 Å². The molecule has 18 heavy (non-hydrogen) atoms. The molecule has 0 spiro atoms. The highest BCUT2D eigenvalue weighted by Gasteiger charge is 2.00. The van der Waals surface area contributed by atoms with Gasteiger partial charge in [-0.05, 0) is 12.1 Å². The van der Waals surface area contributed by atoms with Crippen LogP contribution in [0.3, 0.4) is 0 Å². The summed E-state index contributed by atoms with van der Waals surface area (Å²) >= 11 is 4.86. The van der Waals surface area contributed by atoms with Crippen LogP contribution >= 0.6 is 12.2 Å². The van der Waals surface area contributed by atoms with Crippen LogP contribution in [-0.4, -0.2) is 31.3 Å². The molecule has 0 aliphatic rings. The van der Waals surface area contributed by atoms with Crippen LogP contribution in [-0.2, 0) is 13.5 Å². The summed E-state index contributed by atoms with van der Waals surface area (Å²) in [5, 5.41) is 7.37. The van der Waals surface area contributed by atoms with Crippen molar-refractivity contribution in [2.24, 2.45) is 12.8 Å². The van der Waals surface area contributed by atoms with Gasteiger partial charge in [-0.15, -0.1) is 0 Å². The lowest BCUT2D eigenvalue weighted by molar-refractivity contribution is 0.742. The fourth-order valence-corrected chi connectivity index (χ4v) is 1.57. The first-order valence-corrected chi connectivity index (χ1v) is 5.90. The Balaban J connectivity index is 1.85. The van der Waals surface area contributed by atoms with Crippen molar-refractivity contribution in [1.82, 2.24) is 19.7 Å². The van der Waals surface area contributed by atoms with Gasteiger partial charge in [0.25, 0.3) is 0 Å². The maximum Gasteiger partial charge on any atom is 0.152 e. The summed E-state index contributed by atoms with van der Waals surface area (Å²) in [7, 11) is 1.85. The van der Waals surface area contributed by atoms with E-state index >= 15 is 0 Å². The molecule has 6 nitrogen and oxygen atoms in total. The lowest BCUT2D eigenvalue weighted by Crippen LogP contribution is -2.11. The average Bonchev–Trinajstić information content (AvgIpc) is 2.76. The minimum Gasteiger partial charge on any atom is -0.389 e. The molecule has 0 bridgehead atoms. The fraction of sp³-hybridized carbons (Fsp3) is 0.273. The number of aromatic nitrogens is 4. The van der Waals surface area contributed by atoms with Gasteiger partial charge >= 0.3 is 0 Å². The molecule has 0 atom stereocenters. The van der Waals surface area contributed by atoms with E-state index in [1.807, 2.05) is 19.2 Å². The molecule has 0 saturated carbocycles. The van der Waals surface area contributed by atoms with Crippen LogP contribution in [0.1, 0.15) is 11.4 Å². The summed E-state index contributed by atoms with van der Waals surface area (Å²) < 4.78 is 1.69. The van der Waals surface area contributed by atoms with Gasteiger partial charge < -0.3 is 11.1 Å². The molecule has 3 N–H and O–H groups in total. The summed E-state index contributed by atoms with van der Waals surface area (Å²) in [4.78, 5) is 8.71. The summed E-state index contributed by atoms with van der Waals surface area (Å²) in [5.41, 5.74) is 6.26. The maximum atomic E-state index is 5.49. The zero-order chi connectivity index (χ0) is 13.0. The molecule has 0 fully saturated rings. The summed E-state index contributed by atoms with van der Waals surface area (Å²) in [6.45, 7) is 0.726. The number of anilines is 1. The van der Waals surface area contributed by atoms with Crippen LogP contribution in [0.4, 0.5) is 5.82 Å². The average molecular weight is 262 g/mol. The summed E-state index contributed by atoms with van der Waals surface area (Å²) in [5.74, 6) is 1.59. The second kappa shape index (κ2) is 5.54. The number of thiocarbonyl (C=S) groups is 1. The molecule has 0 aliphatic heterocycles. The van der Waals surface area contributed by atoms with E-state index in [2.05, 4.69) is 20.4 Å². The van der Waals surface area contributed by atoms with Crippen LogP contribution in [0.2, 0.25) is 0 Å². The van der Waals surface area contributed by atoms with Crippen LogP contribution in [0.5, 0.6) is 0 Å². The molecule has 0 radical (unpaired) electrons. The SMILES string of the molecule is Cn1cnc(CCNc2ccc(C(N)=S)cn2)n1. The number of aryl methyl sites for hydroxylation is 1. The van der Waals surface area contributed by atoms with Crippen LogP contribution in [0.15, 0.2) is 24.7 Å². The van der Waals surface area contributed by atoms with Crippen molar-refractivity contribution in [2.75, 3.05) is 11.9 Å². The van der Waals surface area contributed by atoms with E-state index in [9.17, 15) is 0 Å². The van der Waals surface area contributed by atoms with Crippen LogP contribution in [0, 0.1) is 0 Å². The van der Waals surface area contributed by atoms with Gasteiger partial charge in [-0.1, -0.05) is 12.2 Å². The predicted molar refractivity (Wildman–Crippen MR) is 73.3 cm³/mol. The lowest BCUT2D eigenvalue weighted by Gasteiger charge is -2.04. The quantitative estimate of drug-likeness (QED) is 0.764. The fourth-order valence-electron chi connectivity index (χ4n) is 1.45. The molecular formula is C11H14N6S. The third-order valence-corrected chi connectivity index (χ3v) is 2.59. The normalized spacial score (nSPS) is 10.3. The van der Waals surface area contributed by atoms with Gasteiger partial charge in [0.1, 0.15) is 17.1 Å². The van der Waals surface area contributed by atoms with E-state index in [1.54, 1.807) is 17.2 Å². The molecule has 7 heteroatoms. The number of nitrogens with two attached hydrogens (primary N) is 1. The Morgan fingerprint density at radius 2 is 2.28 bits per heavy atom. The predicted octanol–water partition coefficient (Wildman–Crippen LogP) is 0.499. The highest BCUT2D eigenvalue weighted by Crippen LogP contribution is 2.05. The highest BCUT2D eigenvalue weighted by molar-refractivity contribution is 7.80. The zero-order valence-electron chi connectivity index (χ0n) is 10.00. The minimum absolute atomic E-state index is 0.353. The first-order chi connectivity index (χ1) is 8.65. The standard InChI is InChI=1S/C11H14N6S/c1-17-7-15-10(16-17)4-5-13-9-3-2-8(6-14-9)11(12)18/h2-3,6-7H,4-5H2,1H3,(H2,12,18)(H,13,14). The number of hydrogen-bond acceptors (Lipinski definition) is 5. The van der Waals surface area contributed by atoms with E-state index in [-0.39, 0.29) is 0 Å². The topological polar surface area (TPSA) is 81.7 Å². The number of nitrogens with one attached hydrogen (secondary N) is 1. The third kappa shape index (κ3) is 3.24. The molecule has 2 rings (SSSR count). The first-order valence-electron chi connectivity index (χ1n) is 5.49. The van der Waals surface area contributed by atoms with Crippen LogP contribution in [0.25, 0.3) is 0 Å². The van der Waals surface area contributed by atoms with E-state index < -0.39 is 0 Å². The summed E-state index contributed by atoms with van der Waals surface area (Å²) in [6.07, 6.45) is 4.09. The Morgan fingerprint density at radius 1 is 1.44 bits per heavy atom. The molecule has 0 amide bonds. The smallest absolute Gasteiger partial charge is 0.152 e. The molecule has 2 aromatic rings. The van der Waals surface area contributed by atoms with Gasteiger partial charge in [-0.2, -0.15) is 5.10 Å². The van der Waals surface area contributed by atoms with Gasteiger partial charge in [0.15, 0.2) is 5.82 Å². The van der Waals surface area contributed by atoms with Gasteiger partial charge in [0.2, 0.25) is 0 Å². The molecule has 94 valence electrons. The molecule has 0 aromatic carbocycles. The van der Waals surface area contributed by atoms with Crippen molar-refractivity contribution in [3.63, 3.8) is 0 Å². The number of rotatable bonds is 5. The third-order valence-electron chi connectivity index (χ3n) is 2.35. The Bertz CT molecular complexity index is 533. The van der Waals surface area contributed by atoms with Crippen molar-refractivity contribution in [3.8, 4) is 0 Å². The van der Waals surface area contributed by atoms with Crippen molar-refractivity contribution in [1.29, 1.82) is 0 Å². The lowest BCUT2D eigenvalue weighted by atomic mass is 10.3. The first kappa shape index (κ1) is 12.4. The monoisotopic (exact) mass is 262 g/mol. The van der Waals surface area contributed by atoms with Crippen molar-refractivity contribution in [3.05, 3.63) is 36.0 Å². The van der Waals surface area contributed by atoms with Crippen molar-refractivity contribution >= 4 is 23.0 Å². The number of pyridine rings is 1. The molecular weight excluding hydrogens is 248 g/mol. The number of hydrogen-bond donors (Lipinski definition) is 2. The Hall–Kier alpha value is -2.02. The summed E-state index contributed by atoms with van der Waals surface area (Å²) in [6, 6.07) is 3.69. The molecule has 0 aliphatic carbocycles. The van der Waals surface area contributed by atoms with Crippen LogP contribution < -0.4 is 11.1 Å². The molecule has 2 aromatic heterocycles. The van der Waals surface area contributed by atoms with Gasteiger partial charge in [0, 0.05) is 31.8 Å². The highest BCUT2D eigenvalue weighted by atomic mass is 32.1. The number of nitrogens with zero attached hydrogens (tertiary/aromatic N) is 4. The van der Waals surface area contributed by atoms with Gasteiger partial charge in [0.05, 0.1) is 0 Å². The Labute approximate surface area is 110 Å². The van der Waals surface area contributed by atoms with E-state index in [0.29, 0.717) is 4.99 Å². The maximum absolute atomic E-state index is 5.49. The second-order valence-corrected chi connectivity index (χ2v) is 4.25. The van der Waals surface area contributed by atoms with Crippen molar-refractivity contribution < 1.29 is 0 Å². The zero-order valence-corrected chi connectivity index (χ0v) is 10.8. The largest absolute Gasteiger partial charge is 0.389 e. The second-order valence-electron chi connectivity index (χ2n) is 3.81. The molecule has 0 unspecified atom stereocenters. The Kier molecular flexibility index (Phi) is 3.83. The minimum atomic E-state index is 0.353. The van der Waals surface area contributed by atoms with Gasteiger partial charge in [-0.25, -0.2) is 9.97 Å². The van der Waals surface area contributed by atoms with E-state index in [1.165, 1.54) is 0 Å².